The van der Waals surface area contributed by atoms with E-state index in [1.165, 1.54) is 5.52 Å². The molecule has 6 heteroatoms. The molecule has 0 saturated carbocycles. The second kappa shape index (κ2) is 7.51. The molecule has 25 heavy (non-hydrogen) atoms. The minimum absolute atomic E-state index is 0. The number of imidazole rings is 1. The molecule has 0 unspecified atom stereocenters. The first-order valence-corrected chi connectivity index (χ1v) is 8.75. The van der Waals surface area contributed by atoms with Crippen molar-refractivity contribution in [3.05, 3.63) is 30.6 Å². The van der Waals surface area contributed by atoms with Crippen LogP contribution in [0, 0.1) is 5.41 Å². The minimum atomic E-state index is 0. The average Bonchev–Trinajstić information content (AvgIpc) is 2.97. The number of aliphatic imine (C=N–C) groups is 1. The molecule has 1 aliphatic rings. The number of guanidine groups is 1. The predicted octanol–water partition coefficient (Wildman–Crippen LogP) is 3.74. The van der Waals surface area contributed by atoms with E-state index in [2.05, 4.69) is 70.7 Å². The normalized spacial score (nSPS) is 18.6. The first-order valence-electron chi connectivity index (χ1n) is 8.75. The summed E-state index contributed by atoms with van der Waals surface area (Å²) in [4.78, 5) is 11.3. The number of rotatable bonds is 4. The van der Waals surface area contributed by atoms with Gasteiger partial charge in [0.25, 0.3) is 0 Å². The van der Waals surface area contributed by atoms with E-state index in [1.807, 2.05) is 19.4 Å². The Kier molecular flexibility index (Phi) is 6.01. The van der Waals surface area contributed by atoms with Gasteiger partial charge in [0.2, 0.25) is 0 Å². The van der Waals surface area contributed by atoms with Gasteiger partial charge in [-0.25, -0.2) is 4.98 Å². The molecule has 0 aliphatic carbocycles. The molecule has 0 radical (unpaired) electrons. The summed E-state index contributed by atoms with van der Waals surface area (Å²) in [6.45, 7) is 12.1. The van der Waals surface area contributed by atoms with Crippen LogP contribution in [-0.2, 0) is 6.54 Å². The van der Waals surface area contributed by atoms with E-state index >= 15 is 0 Å². The Bertz CT molecular complexity index is 747. The molecule has 0 bridgehead atoms. The highest BCUT2D eigenvalue weighted by molar-refractivity contribution is 14.0. The lowest BCUT2D eigenvalue weighted by atomic mass is 9.65. The molecule has 0 spiro atoms. The number of para-hydroxylation sites is 2. The van der Waals surface area contributed by atoms with Gasteiger partial charge in [-0.1, -0.05) is 26.0 Å². The molecular formula is C19H30IN5. The Morgan fingerprint density at radius 2 is 1.96 bits per heavy atom. The molecule has 2 heterocycles. The van der Waals surface area contributed by atoms with Crippen molar-refractivity contribution >= 4 is 41.0 Å². The van der Waals surface area contributed by atoms with Gasteiger partial charge in [0.05, 0.1) is 17.4 Å². The summed E-state index contributed by atoms with van der Waals surface area (Å²) >= 11 is 0. The molecule has 138 valence electrons. The third-order valence-corrected chi connectivity index (χ3v) is 5.74. The van der Waals surface area contributed by atoms with Crippen molar-refractivity contribution in [1.29, 1.82) is 0 Å². The molecule has 0 amide bonds. The van der Waals surface area contributed by atoms with Crippen LogP contribution in [0.2, 0.25) is 0 Å². The van der Waals surface area contributed by atoms with Crippen molar-refractivity contribution in [3.8, 4) is 0 Å². The summed E-state index contributed by atoms with van der Waals surface area (Å²) in [5.74, 6) is 1.01. The van der Waals surface area contributed by atoms with Crippen LogP contribution in [0.15, 0.2) is 35.6 Å². The molecule has 5 nitrogen and oxygen atoms in total. The highest BCUT2D eigenvalue weighted by Crippen LogP contribution is 2.46. The molecule has 1 saturated heterocycles. The number of benzene rings is 1. The summed E-state index contributed by atoms with van der Waals surface area (Å²) < 4.78 is 2.22. The monoisotopic (exact) mass is 455 g/mol. The maximum atomic E-state index is 4.47. The molecule has 1 N–H and O–H groups in total. The van der Waals surface area contributed by atoms with Crippen molar-refractivity contribution < 1.29 is 0 Å². The van der Waals surface area contributed by atoms with Crippen LogP contribution in [0.3, 0.4) is 0 Å². The number of hydrogen-bond acceptors (Lipinski definition) is 2. The lowest BCUT2D eigenvalue weighted by molar-refractivity contribution is -0.0667. The van der Waals surface area contributed by atoms with E-state index in [9.17, 15) is 0 Å². The number of likely N-dealkylation sites (tertiary alicyclic amines) is 1. The van der Waals surface area contributed by atoms with Crippen LogP contribution in [0.4, 0.5) is 0 Å². The van der Waals surface area contributed by atoms with Crippen molar-refractivity contribution in [2.45, 2.75) is 46.2 Å². The van der Waals surface area contributed by atoms with Crippen molar-refractivity contribution in [2.75, 3.05) is 20.1 Å². The lowest BCUT2D eigenvalue weighted by Gasteiger charge is -2.62. The largest absolute Gasteiger partial charge is 0.356 e. The Labute approximate surface area is 167 Å². The van der Waals surface area contributed by atoms with Gasteiger partial charge >= 0.3 is 0 Å². The molecule has 1 aromatic carbocycles. The fourth-order valence-electron chi connectivity index (χ4n) is 3.33. The molecule has 3 rings (SSSR count). The fraction of sp³-hybridized carbons (Fsp3) is 0.579. The summed E-state index contributed by atoms with van der Waals surface area (Å²) in [6, 6.07) is 8.27. The third kappa shape index (κ3) is 3.64. The SMILES string of the molecule is CN=C(NCCCn1cnc2ccccc21)N1CC(C)(C)C1(C)C.I. The quantitative estimate of drug-likeness (QED) is 0.331. The maximum absolute atomic E-state index is 4.47. The van der Waals surface area contributed by atoms with Gasteiger partial charge < -0.3 is 14.8 Å². The maximum Gasteiger partial charge on any atom is 0.194 e. The Morgan fingerprint density at radius 3 is 2.60 bits per heavy atom. The summed E-state index contributed by atoms with van der Waals surface area (Å²) in [7, 11) is 1.87. The predicted molar refractivity (Wildman–Crippen MR) is 116 cm³/mol. The molecule has 0 atom stereocenters. The van der Waals surface area contributed by atoms with Gasteiger partial charge in [-0.15, -0.1) is 24.0 Å². The van der Waals surface area contributed by atoms with Gasteiger partial charge in [0, 0.05) is 37.6 Å². The Morgan fingerprint density at radius 1 is 1.24 bits per heavy atom. The standard InChI is InChI=1S/C19H29N5.HI/c1-18(2)13-24(19(18,3)4)17(20-5)21-11-8-12-23-14-22-15-9-6-7-10-16(15)23;/h6-7,9-10,14H,8,11-13H2,1-5H3,(H,20,21);1H. The Hall–Kier alpha value is -1.31. The summed E-state index contributed by atoms with van der Waals surface area (Å²) in [5, 5.41) is 3.52. The van der Waals surface area contributed by atoms with E-state index in [1.54, 1.807) is 0 Å². The summed E-state index contributed by atoms with van der Waals surface area (Å²) in [6.07, 6.45) is 2.97. The van der Waals surface area contributed by atoms with E-state index in [0.717, 1.165) is 37.5 Å². The number of nitrogens with zero attached hydrogens (tertiary/aromatic N) is 4. The summed E-state index contributed by atoms with van der Waals surface area (Å²) in [5.41, 5.74) is 2.72. The molecule has 1 fully saturated rings. The van der Waals surface area contributed by atoms with Crippen LogP contribution in [-0.4, -0.2) is 46.1 Å². The van der Waals surface area contributed by atoms with E-state index in [-0.39, 0.29) is 29.5 Å². The van der Waals surface area contributed by atoms with E-state index < -0.39 is 0 Å². The van der Waals surface area contributed by atoms with Gasteiger partial charge in [0.15, 0.2) is 5.96 Å². The zero-order valence-corrected chi connectivity index (χ0v) is 18.2. The third-order valence-electron chi connectivity index (χ3n) is 5.74. The smallest absolute Gasteiger partial charge is 0.194 e. The highest BCUT2D eigenvalue weighted by Gasteiger charge is 2.53. The van der Waals surface area contributed by atoms with Crippen LogP contribution < -0.4 is 5.32 Å². The average molecular weight is 455 g/mol. The van der Waals surface area contributed by atoms with Crippen molar-refractivity contribution in [1.82, 2.24) is 19.8 Å². The first kappa shape index (κ1) is 20.0. The number of hydrogen-bond donors (Lipinski definition) is 1. The molecular weight excluding hydrogens is 425 g/mol. The van der Waals surface area contributed by atoms with Crippen LogP contribution in [0.1, 0.15) is 34.1 Å². The van der Waals surface area contributed by atoms with Gasteiger partial charge in [-0.05, 0) is 32.4 Å². The molecule has 2 aromatic rings. The van der Waals surface area contributed by atoms with Gasteiger partial charge in [-0.3, -0.25) is 4.99 Å². The first-order chi connectivity index (χ1) is 11.4. The zero-order valence-electron chi connectivity index (χ0n) is 15.9. The fourth-order valence-corrected chi connectivity index (χ4v) is 3.33. The highest BCUT2D eigenvalue weighted by atomic mass is 127. The molecule has 1 aliphatic heterocycles. The number of aryl methyl sites for hydroxylation is 1. The topological polar surface area (TPSA) is 45.5 Å². The van der Waals surface area contributed by atoms with Crippen LogP contribution in [0.5, 0.6) is 0 Å². The van der Waals surface area contributed by atoms with Crippen LogP contribution in [0.25, 0.3) is 11.0 Å². The second-order valence-electron chi connectivity index (χ2n) is 7.78. The van der Waals surface area contributed by atoms with Crippen LogP contribution >= 0.6 is 24.0 Å². The number of fused-ring (bicyclic) bond motifs is 1. The second-order valence-corrected chi connectivity index (χ2v) is 7.78. The lowest BCUT2D eigenvalue weighted by Crippen LogP contribution is -2.72. The van der Waals surface area contributed by atoms with E-state index in [4.69, 9.17) is 0 Å². The number of halogens is 1. The minimum Gasteiger partial charge on any atom is -0.356 e. The number of aromatic nitrogens is 2. The molecule has 1 aromatic heterocycles. The van der Waals surface area contributed by atoms with Gasteiger partial charge in [0.1, 0.15) is 0 Å². The van der Waals surface area contributed by atoms with Crippen molar-refractivity contribution in [3.63, 3.8) is 0 Å². The van der Waals surface area contributed by atoms with E-state index in [0.29, 0.717) is 5.41 Å². The van der Waals surface area contributed by atoms with Gasteiger partial charge in [-0.2, -0.15) is 0 Å². The zero-order chi connectivity index (χ0) is 17.4. The number of nitrogens with one attached hydrogen (secondary N) is 1. The van der Waals surface area contributed by atoms with Crippen molar-refractivity contribution in [2.24, 2.45) is 10.4 Å². The Balaban J connectivity index is 0.00000225.